The summed E-state index contributed by atoms with van der Waals surface area (Å²) in [4.78, 5) is 30.7. The Morgan fingerprint density at radius 3 is 2.66 bits per heavy atom. The van der Waals surface area contributed by atoms with Gasteiger partial charge in [-0.1, -0.05) is 18.2 Å². The molecule has 1 N–H and O–H groups in total. The average molecular weight is 389 g/mol. The topological polar surface area (TPSA) is 93.3 Å². The molecule has 8 nitrogen and oxygen atoms in total. The predicted molar refractivity (Wildman–Crippen MR) is 111 cm³/mol. The fourth-order valence-corrected chi connectivity index (χ4v) is 2.83. The van der Waals surface area contributed by atoms with Gasteiger partial charge in [0.25, 0.3) is 5.56 Å². The van der Waals surface area contributed by atoms with Gasteiger partial charge in [0, 0.05) is 31.4 Å². The monoisotopic (exact) mass is 389 g/mol. The van der Waals surface area contributed by atoms with E-state index in [-0.39, 0.29) is 18.0 Å². The Kier molecular flexibility index (Phi) is 4.82. The van der Waals surface area contributed by atoms with Gasteiger partial charge in [-0.25, -0.2) is 9.67 Å². The molecule has 0 aliphatic heterocycles. The molecule has 2 heterocycles. The van der Waals surface area contributed by atoms with E-state index in [1.54, 1.807) is 29.3 Å². The first-order valence-electron chi connectivity index (χ1n) is 9.00. The number of anilines is 2. The number of aromatic nitrogens is 3. The second kappa shape index (κ2) is 7.59. The molecule has 8 heteroatoms. The Morgan fingerprint density at radius 2 is 1.93 bits per heavy atom. The number of rotatable bonds is 5. The number of oxazole rings is 1. The van der Waals surface area contributed by atoms with E-state index >= 15 is 0 Å². The van der Waals surface area contributed by atoms with Crippen molar-refractivity contribution in [3.63, 3.8) is 0 Å². The minimum atomic E-state index is -0.358. The minimum absolute atomic E-state index is 0.182. The van der Waals surface area contributed by atoms with Crippen LogP contribution in [0, 0.1) is 0 Å². The van der Waals surface area contributed by atoms with Crippen molar-refractivity contribution in [3.05, 3.63) is 71.1 Å². The van der Waals surface area contributed by atoms with Gasteiger partial charge in [-0.15, -0.1) is 0 Å². The molecule has 0 saturated heterocycles. The molecule has 4 rings (SSSR count). The molecule has 0 aliphatic rings. The molecule has 0 spiro atoms. The zero-order chi connectivity index (χ0) is 20.4. The van der Waals surface area contributed by atoms with Crippen LogP contribution in [0.25, 0.3) is 22.6 Å². The van der Waals surface area contributed by atoms with Gasteiger partial charge in [-0.3, -0.25) is 9.59 Å². The van der Waals surface area contributed by atoms with Crippen LogP contribution in [0.15, 0.2) is 70.0 Å². The highest BCUT2D eigenvalue weighted by Crippen LogP contribution is 2.26. The van der Waals surface area contributed by atoms with Gasteiger partial charge >= 0.3 is 0 Å². The summed E-state index contributed by atoms with van der Waals surface area (Å²) in [6, 6.07) is 16.2. The maximum atomic E-state index is 12.4. The summed E-state index contributed by atoms with van der Waals surface area (Å²) >= 11 is 0. The summed E-state index contributed by atoms with van der Waals surface area (Å²) < 4.78 is 6.89. The van der Waals surface area contributed by atoms with Crippen LogP contribution in [0.2, 0.25) is 0 Å². The summed E-state index contributed by atoms with van der Waals surface area (Å²) in [5.41, 5.74) is 3.03. The van der Waals surface area contributed by atoms with E-state index in [4.69, 9.17) is 4.42 Å². The Labute approximate surface area is 166 Å². The van der Waals surface area contributed by atoms with Crippen molar-refractivity contribution in [2.45, 2.75) is 6.54 Å². The van der Waals surface area contributed by atoms with E-state index in [0.29, 0.717) is 28.4 Å². The molecule has 146 valence electrons. The maximum Gasteiger partial charge on any atom is 0.269 e. The highest BCUT2D eigenvalue weighted by atomic mass is 16.3. The van der Waals surface area contributed by atoms with Crippen molar-refractivity contribution in [1.82, 2.24) is 14.8 Å². The quantitative estimate of drug-likeness (QED) is 0.564. The summed E-state index contributed by atoms with van der Waals surface area (Å²) in [5, 5.41) is 6.81. The van der Waals surface area contributed by atoms with Gasteiger partial charge in [0.1, 0.15) is 12.1 Å². The van der Waals surface area contributed by atoms with Crippen molar-refractivity contribution in [1.29, 1.82) is 0 Å². The molecule has 0 saturated carbocycles. The number of hydrogen-bond acceptors (Lipinski definition) is 6. The number of benzene rings is 2. The Morgan fingerprint density at radius 1 is 1.14 bits per heavy atom. The van der Waals surface area contributed by atoms with E-state index in [2.05, 4.69) is 15.4 Å². The maximum absolute atomic E-state index is 12.4. The predicted octanol–water partition coefficient (Wildman–Crippen LogP) is 2.76. The number of carbonyl (C=O) groups excluding carboxylic acids is 1. The lowest BCUT2D eigenvalue weighted by atomic mass is 10.2. The third-order valence-electron chi connectivity index (χ3n) is 4.36. The van der Waals surface area contributed by atoms with Crippen molar-refractivity contribution >= 4 is 28.4 Å². The van der Waals surface area contributed by atoms with E-state index in [1.165, 1.54) is 6.07 Å². The zero-order valence-electron chi connectivity index (χ0n) is 16.0. The normalized spacial score (nSPS) is 10.8. The van der Waals surface area contributed by atoms with Crippen LogP contribution < -0.4 is 15.8 Å². The number of nitrogens with one attached hydrogen (secondary N) is 1. The highest BCUT2D eigenvalue weighted by Gasteiger charge is 2.11. The highest BCUT2D eigenvalue weighted by molar-refractivity contribution is 5.92. The van der Waals surface area contributed by atoms with E-state index < -0.39 is 0 Å². The molecular weight excluding hydrogens is 370 g/mol. The lowest BCUT2D eigenvalue weighted by Crippen LogP contribution is -2.30. The third kappa shape index (κ3) is 4.01. The van der Waals surface area contributed by atoms with E-state index in [0.717, 1.165) is 10.2 Å². The van der Waals surface area contributed by atoms with Gasteiger partial charge in [0.15, 0.2) is 5.58 Å². The van der Waals surface area contributed by atoms with Crippen molar-refractivity contribution in [3.8, 4) is 11.5 Å². The van der Waals surface area contributed by atoms with Gasteiger partial charge in [0.2, 0.25) is 11.8 Å². The Hall–Kier alpha value is -3.94. The second-order valence-corrected chi connectivity index (χ2v) is 6.72. The molecule has 0 radical (unpaired) electrons. The van der Waals surface area contributed by atoms with E-state index in [9.17, 15) is 9.59 Å². The average Bonchev–Trinajstić information content (AvgIpc) is 3.13. The minimum Gasteiger partial charge on any atom is -0.436 e. The molecule has 0 fully saturated rings. The van der Waals surface area contributed by atoms with Crippen LogP contribution in [0.4, 0.5) is 11.4 Å². The van der Waals surface area contributed by atoms with Crippen LogP contribution in [0.1, 0.15) is 0 Å². The number of amides is 1. The van der Waals surface area contributed by atoms with Gasteiger partial charge in [-0.05, 0) is 30.3 Å². The van der Waals surface area contributed by atoms with Gasteiger partial charge in [-0.2, -0.15) is 5.10 Å². The summed E-state index contributed by atoms with van der Waals surface area (Å²) in [7, 11) is 3.63. The number of carbonyl (C=O) groups is 1. The Balaban J connectivity index is 1.50. The summed E-state index contributed by atoms with van der Waals surface area (Å²) in [6.07, 6.45) is 1.54. The molecule has 2 aromatic heterocycles. The molecule has 1 amide bonds. The first kappa shape index (κ1) is 18.4. The second-order valence-electron chi connectivity index (χ2n) is 6.72. The lowest BCUT2D eigenvalue weighted by Gasteiger charge is -2.12. The first-order chi connectivity index (χ1) is 14.0. The van der Waals surface area contributed by atoms with Crippen LogP contribution in [0.5, 0.6) is 0 Å². The van der Waals surface area contributed by atoms with Crippen molar-refractivity contribution in [2.24, 2.45) is 0 Å². The fourth-order valence-electron chi connectivity index (χ4n) is 2.83. The molecule has 29 heavy (non-hydrogen) atoms. The smallest absolute Gasteiger partial charge is 0.269 e. The molecular formula is C21H19N5O3. The largest absolute Gasteiger partial charge is 0.436 e. The van der Waals surface area contributed by atoms with Gasteiger partial charge < -0.3 is 14.6 Å². The molecule has 0 aliphatic carbocycles. The lowest BCUT2D eigenvalue weighted by molar-refractivity contribution is -0.117. The van der Waals surface area contributed by atoms with Crippen LogP contribution in [-0.4, -0.2) is 34.8 Å². The van der Waals surface area contributed by atoms with Crippen LogP contribution in [0.3, 0.4) is 0 Å². The molecule has 0 atom stereocenters. The van der Waals surface area contributed by atoms with Crippen molar-refractivity contribution < 1.29 is 9.21 Å². The molecule has 2 aromatic carbocycles. The SMILES string of the molecule is CN(C)c1cnn(CC(=O)Nc2ccc3oc(-c4ccccc4)nc3c2)c(=O)c1. The van der Waals surface area contributed by atoms with Gasteiger partial charge in [0.05, 0.1) is 11.9 Å². The van der Waals surface area contributed by atoms with Crippen LogP contribution >= 0.6 is 0 Å². The summed E-state index contributed by atoms with van der Waals surface area (Å²) in [5.74, 6) is 0.157. The van der Waals surface area contributed by atoms with Crippen LogP contribution in [-0.2, 0) is 11.3 Å². The number of hydrogen-bond donors (Lipinski definition) is 1. The zero-order valence-corrected chi connectivity index (χ0v) is 16.0. The first-order valence-corrected chi connectivity index (χ1v) is 9.00. The van der Waals surface area contributed by atoms with Crippen molar-refractivity contribution in [2.75, 3.05) is 24.3 Å². The number of fused-ring (bicyclic) bond motifs is 1. The standard InChI is InChI=1S/C21H19N5O3/c1-25(2)16-11-20(28)26(22-12-16)13-19(27)23-15-8-9-18-17(10-15)24-21(29-18)14-6-4-3-5-7-14/h3-12H,13H2,1-2H3,(H,23,27). The third-order valence-corrected chi connectivity index (χ3v) is 4.36. The molecule has 0 unspecified atom stereocenters. The Bertz CT molecular complexity index is 1230. The molecule has 0 bridgehead atoms. The summed E-state index contributed by atoms with van der Waals surface area (Å²) in [6.45, 7) is -0.182. The molecule has 4 aromatic rings. The fraction of sp³-hybridized carbons (Fsp3) is 0.143. The number of nitrogens with zero attached hydrogens (tertiary/aromatic N) is 4. The van der Waals surface area contributed by atoms with E-state index in [1.807, 2.05) is 44.4 Å².